The predicted molar refractivity (Wildman–Crippen MR) is 98.6 cm³/mol. The highest BCUT2D eigenvalue weighted by molar-refractivity contribution is 5.93. The topological polar surface area (TPSA) is 185 Å². The zero-order valence-corrected chi connectivity index (χ0v) is 16.1. The summed E-state index contributed by atoms with van der Waals surface area (Å²) in [5.74, 6) is -3.64. The third kappa shape index (κ3) is 6.80. The van der Waals surface area contributed by atoms with Crippen molar-refractivity contribution in [3.8, 4) is 0 Å². The molecule has 3 unspecified atom stereocenters. The van der Waals surface area contributed by atoms with E-state index < -0.39 is 54.3 Å². The van der Waals surface area contributed by atoms with Gasteiger partial charge in [0, 0.05) is 13.0 Å². The number of hydrogen-bond donors (Lipinski definition) is 5. The molecule has 158 valence electrons. The van der Waals surface area contributed by atoms with Crippen molar-refractivity contribution in [1.82, 2.24) is 15.5 Å². The second kappa shape index (κ2) is 10.6. The van der Waals surface area contributed by atoms with Gasteiger partial charge in [-0.15, -0.1) is 0 Å². The monoisotopic (exact) mass is 399 g/mol. The van der Waals surface area contributed by atoms with Gasteiger partial charge in [0.2, 0.25) is 23.6 Å². The van der Waals surface area contributed by atoms with Crippen LogP contribution in [-0.2, 0) is 24.0 Å². The first-order valence-corrected chi connectivity index (χ1v) is 9.18. The summed E-state index contributed by atoms with van der Waals surface area (Å²) < 4.78 is 0. The van der Waals surface area contributed by atoms with E-state index >= 15 is 0 Å². The molecule has 11 nitrogen and oxygen atoms in total. The quantitative estimate of drug-likeness (QED) is 0.279. The lowest BCUT2D eigenvalue weighted by molar-refractivity contribution is -0.143. The van der Waals surface area contributed by atoms with E-state index in [-0.39, 0.29) is 18.8 Å². The van der Waals surface area contributed by atoms with E-state index in [2.05, 4.69) is 10.6 Å². The summed E-state index contributed by atoms with van der Waals surface area (Å²) in [6.45, 7) is 3.26. The van der Waals surface area contributed by atoms with Crippen molar-refractivity contribution >= 4 is 29.6 Å². The van der Waals surface area contributed by atoms with Crippen LogP contribution in [0.15, 0.2) is 0 Å². The fourth-order valence-electron chi connectivity index (χ4n) is 2.96. The maximum Gasteiger partial charge on any atom is 0.326 e. The molecule has 1 aliphatic rings. The van der Waals surface area contributed by atoms with Gasteiger partial charge in [0.15, 0.2) is 0 Å². The molecular weight excluding hydrogens is 370 g/mol. The van der Waals surface area contributed by atoms with Gasteiger partial charge in [-0.2, -0.15) is 0 Å². The standard InChI is InChI=1S/C17H29N5O6/c1-9(2)14(17(27)28)21-13(24)8-20-15(25)11-4-3-7-22(11)16(26)10(18)5-6-12(19)23/h9-11,14H,3-8,18H2,1-2H3,(H2,19,23)(H,20,25)(H,21,24)(H,27,28). The largest absolute Gasteiger partial charge is 0.480 e. The summed E-state index contributed by atoms with van der Waals surface area (Å²) in [5, 5.41) is 13.9. The van der Waals surface area contributed by atoms with Gasteiger partial charge in [0.05, 0.1) is 12.6 Å². The van der Waals surface area contributed by atoms with Crippen LogP contribution >= 0.6 is 0 Å². The summed E-state index contributed by atoms with van der Waals surface area (Å²) >= 11 is 0. The maximum atomic E-state index is 12.4. The summed E-state index contributed by atoms with van der Waals surface area (Å²) in [4.78, 5) is 60.0. The lowest BCUT2D eigenvalue weighted by Gasteiger charge is -2.26. The fourth-order valence-corrected chi connectivity index (χ4v) is 2.96. The van der Waals surface area contributed by atoms with Gasteiger partial charge in [-0.3, -0.25) is 19.2 Å². The maximum absolute atomic E-state index is 12.4. The third-order valence-electron chi connectivity index (χ3n) is 4.53. The third-order valence-corrected chi connectivity index (χ3v) is 4.53. The minimum Gasteiger partial charge on any atom is -0.480 e. The number of carbonyl (C=O) groups excluding carboxylic acids is 4. The number of hydrogen-bond acceptors (Lipinski definition) is 6. The normalized spacial score (nSPS) is 18.4. The number of likely N-dealkylation sites (tertiary alicyclic amines) is 1. The van der Waals surface area contributed by atoms with Crippen LogP contribution in [0.5, 0.6) is 0 Å². The Morgan fingerprint density at radius 3 is 2.39 bits per heavy atom. The minimum absolute atomic E-state index is 0.0294. The first-order valence-electron chi connectivity index (χ1n) is 9.18. The number of nitrogens with one attached hydrogen (secondary N) is 2. The van der Waals surface area contributed by atoms with Crippen molar-refractivity contribution in [3.63, 3.8) is 0 Å². The molecule has 1 saturated heterocycles. The molecule has 3 atom stereocenters. The van der Waals surface area contributed by atoms with Crippen LogP contribution < -0.4 is 22.1 Å². The van der Waals surface area contributed by atoms with Gasteiger partial charge in [-0.05, 0) is 25.2 Å². The van der Waals surface area contributed by atoms with Gasteiger partial charge in [0.25, 0.3) is 0 Å². The second-order valence-corrected chi connectivity index (χ2v) is 7.15. The van der Waals surface area contributed by atoms with E-state index in [4.69, 9.17) is 16.6 Å². The van der Waals surface area contributed by atoms with E-state index in [1.807, 2.05) is 0 Å². The summed E-state index contributed by atoms with van der Waals surface area (Å²) in [5.41, 5.74) is 10.8. The Bertz CT molecular complexity index is 623. The molecule has 0 spiro atoms. The molecule has 0 saturated carbocycles. The number of carbonyl (C=O) groups is 5. The number of primary amides is 1. The van der Waals surface area contributed by atoms with Crippen molar-refractivity contribution in [3.05, 3.63) is 0 Å². The molecule has 0 bridgehead atoms. The SMILES string of the molecule is CC(C)C(NC(=O)CNC(=O)C1CCCN1C(=O)C(N)CCC(N)=O)C(=O)O. The Balaban J connectivity index is 2.58. The van der Waals surface area contributed by atoms with Crippen LogP contribution in [0.4, 0.5) is 0 Å². The fraction of sp³-hybridized carbons (Fsp3) is 0.706. The van der Waals surface area contributed by atoms with Crippen LogP contribution in [0.2, 0.25) is 0 Å². The average Bonchev–Trinajstić information content (AvgIpc) is 3.10. The Morgan fingerprint density at radius 2 is 1.86 bits per heavy atom. The van der Waals surface area contributed by atoms with Gasteiger partial charge in [-0.1, -0.05) is 13.8 Å². The molecule has 0 aromatic carbocycles. The molecule has 1 aliphatic heterocycles. The van der Waals surface area contributed by atoms with E-state index in [1.165, 1.54) is 4.90 Å². The molecule has 4 amide bonds. The minimum atomic E-state index is -1.16. The lowest BCUT2D eigenvalue weighted by Crippen LogP contribution is -2.53. The summed E-state index contributed by atoms with van der Waals surface area (Å²) in [6, 6.07) is -2.76. The van der Waals surface area contributed by atoms with Gasteiger partial charge in [-0.25, -0.2) is 4.79 Å². The van der Waals surface area contributed by atoms with Crippen LogP contribution in [0.1, 0.15) is 39.5 Å². The van der Waals surface area contributed by atoms with E-state index in [1.54, 1.807) is 13.8 Å². The molecule has 11 heteroatoms. The number of nitrogens with two attached hydrogens (primary N) is 2. The molecule has 1 rings (SSSR count). The average molecular weight is 399 g/mol. The summed E-state index contributed by atoms with van der Waals surface area (Å²) in [6.07, 6.45) is 1.09. The molecular formula is C17H29N5O6. The molecule has 0 aliphatic carbocycles. The zero-order chi connectivity index (χ0) is 21.4. The Hall–Kier alpha value is -2.69. The number of aliphatic carboxylic acids is 1. The van der Waals surface area contributed by atoms with Gasteiger partial charge < -0.3 is 32.1 Å². The first kappa shape index (κ1) is 23.3. The molecule has 0 aromatic rings. The molecule has 28 heavy (non-hydrogen) atoms. The van der Waals surface area contributed by atoms with Crippen LogP contribution in [0.25, 0.3) is 0 Å². The van der Waals surface area contributed by atoms with Crippen LogP contribution in [0, 0.1) is 5.92 Å². The molecule has 7 N–H and O–H groups in total. The van der Waals surface area contributed by atoms with Crippen LogP contribution in [-0.4, -0.2) is 70.8 Å². The van der Waals surface area contributed by atoms with Crippen molar-refractivity contribution < 1.29 is 29.1 Å². The Morgan fingerprint density at radius 1 is 1.21 bits per heavy atom. The van der Waals surface area contributed by atoms with Gasteiger partial charge >= 0.3 is 5.97 Å². The first-order chi connectivity index (χ1) is 13.0. The van der Waals surface area contributed by atoms with Crippen LogP contribution in [0.3, 0.4) is 0 Å². The zero-order valence-electron chi connectivity index (χ0n) is 16.1. The highest BCUT2D eigenvalue weighted by Crippen LogP contribution is 2.19. The highest BCUT2D eigenvalue weighted by atomic mass is 16.4. The second-order valence-electron chi connectivity index (χ2n) is 7.15. The van der Waals surface area contributed by atoms with Crippen molar-refractivity contribution in [1.29, 1.82) is 0 Å². The Labute approximate surface area is 163 Å². The van der Waals surface area contributed by atoms with Crippen molar-refractivity contribution in [2.75, 3.05) is 13.1 Å². The Kier molecular flexibility index (Phi) is 8.83. The molecule has 0 radical (unpaired) electrons. The number of carboxylic acids is 1. The number of rotatable bonds is 10. The van der Waals surface area contributed by atoms with Crippen molar-refractivity contribution in [2.45, 2.75) is 57.7 Å². The van der Waals surface area contributed by atoms with E-state index in [9.17, 15) is 24.0 Å². The smallest absolute Gasteiger partial charge is 0.326 e. The van der Waals surface area contributed by atoms with E-state index in [0.717, 1.165) is 0 Å². The van der Waals surface area contributed by atoms with E-state index in [0.29, 0.717) is 19.4 Å². The highest BCUT2D eigenvalue weighted by Gasteiger charge is 2.36. The number of carboxylic acid groups (broad SMARTS) is 1. The molecule has 0 aromatic heterocycles. The molecule has 1 fully saturated rings. The predicted octanol–water partition coefficient (Wildman–Crippen LogP) is -2.09. The number of amides is 4. The molecule has 1 heterocycles. The lowest BCUT2D eigenvalue weighted by atomic mass is 10.0. The van der Waals surface area contributed by atoms with Gasteiger partial charge in [0.1, 0.15) is 12.1 Å². The number of nitrogens with zero attached hydrogens (tertiary/aromatic N) is 1. The van der Waals surface area contributed by atoms with Crippen molar-refractivity contribution in [2.24, 2.45) is 17.4 Å². The summed E-state index contributed by atoms with van der Waals surface area (Å²) in [7, 11) is 0.